The van der Waals surface area contributed by atoms with Gasteiger partial charge in [-0.2, -0.15) is 0 Å². The molecule has 2 saturated carbocycles. The number of esters is 2. The predicted octanol–water partition coefficient (Wildman–Crippen LogP) is 6.18. The van der Waals surface area contributed by atoms with Gasteiger partial charge >= 0.3 is 11.9 Å². The Kier molecular flexibility index (Phi) is 7.56. The van der Waals surface area contributed by atoms with Crippen LogP contribution >= 0.6 is 0 Å². The van der Waals surface area contributed by atoms with E-state index in [0.717, 1.165) is 18.4 Å². The summed E-state index contributed by atoms with van der Waals surface area (Å²) in [5.74, 6) is -1.68. The van der Waals surface area contributed by atoms with Crippen LogP contribution in [0.3, 0.4) is 0 Å². The molecule has 1 saturated heterocycles. The van der Waals surface area contributed by atoms with Crippen LogP contribution in [0.1, 0.15) is 61.0 Å². The van der Waals surface area contributed by atoms with E-state index in [1.165, 1.54) is 46.9 Å². The van der Waals surface area contributed by atoms with Crippen molar-refractivity contribution in [3.63, 3.8) is 0 Å². The smallest absolute Gasteiger partial charge is 0.343 e. The number of anilines is 1. The maximum Gasteiger partial charge on any atom is 0.343 e. The topological polar surface area (TPSA) is 107 Å². The molecule has 0 N–H and O–H groups in total. The Balaban J connectivity index is 0.946. The van der Waals surface area contributed by atoms with Crippen LogP contribution in [-0.2, 0) is 14.3 Å². The highest BCUT2D eigenvalue weighted by atomic mass is 16.5. The van der Waals surface area contributed by atoms with Gasteiger partial charge in [0.15, 0.2) is 12.4 Å². The molecule has 0 aromatic heterocycles. The second kappa shape index (κ2) is 11.9. The number of carbonyl (C=O) groups excluding carboxylic acids is 5. The fraction of sp³-hybridized carbons (Fsp3) is 0.237. The van der Waals surface area contributed by atoms with Crippen LogP contribution in [0.2, 0.25) is 0 Å². The Morgan fingerprint density at radius 3 is 2.00 bits per heavy atom. The quantitative estimate of drug-likeness (QED) is 0.101. The first-order chi connectivity index (χ1) is 22.3. The molecule has 8 heteroatoms. The van der Waals surface area contributed by atoms with E-state index in [0.29, 0.717) is 16.8 Å². The number of hydrogen-bond donors (Lipinski definition) is 0. The number of carbonyl (C=O) groups is 5. The van der Waals surface area contributed by atoms with Gasteiger partial charge in [-0.05, 0) is 104 Å². The molecule has 1 heterocycles. The van der Waals surface area contributed by atoms with E-state index in [1.807, 2.05) is 37.3 Å². The predicted molar refractivity (Wildman–Crippen MR) is 169 cm³/mol. The van der Waals surface area contributed by atoms with E-state index in [2.05, 4.69) is 12.1 Å². The summed E-state index contributed by atoms with van der Waals surface area (Å²) in [6.07, 6.45) is 1.81. The minimum atomic E-state index is -0.705. The third-order valence-electron chi connectivity index (χ3n) is 9.61. The molecule has 2 amide bonds. The molecule has 2 aliphatic carbocycles. The molecular weight excluding hydrogens is 582 g/mol. The van der Waals surface area contributed by atoms with Gasteiger partial charge in [-0.15, -0.1) is 0 Å². The Morgan fingerprint density at radius 1 is 0.696 bits per heavy atom. The summed E-state index contributed by atoms with van der Waals surface area (Å²) in [5, 5.41) is 0. The third kappa shape index (κ3) is 5.30. The zero-order valence-electron chi connectivity index (χ0n) is 25.1. The lowest BCUT2D eigenvalue weighted by molar-refractivity contribution is -0.123. The van der Waals surface area contributed by atoms with Crippen molar-refractivity contribution in [1.82, 2.24) is 0 Å². The van der Waals surface area contributed by atoms with Gasteiger partial charge in [-0.25, -0.2) is 9.59 Å². The number of rotatable bonds is 8. The van der Waals surface area contributed by atoms with Gasteiger partial charge in [0.05, 0.1) is 28.7 Å². The van der Waals surface area contributed by atoms with E-state index < -0.39 is 24.3 Å². The van der Waals surface area contributed by atoms with Crippen LogP contribution in [0, 0.1) is 30.6 Å². The minimum Gasteiger partial charge on any atom is -0.454 e. The maximum atomic E-state index is 13.6. The largest absolute Gasteiger partial charge is 0.454 e. The van der Waals surface area contributed by atoms with Gasteiger partial charge in [0.2, 0.25) is 11.8 Å². The van der Waals surface area contributed by atoms with Crippen molar-refractivity contribution >= 4 is 35.2 Å². The zero-order chi connectivity index (χ0) is 31.9. The molecule has 0 spiro atoms. The van der Waals surface area contributed by atoms with Crippen LogP contribution in [-0.4, -0.2) is 36.1 Å². The molecule has 0 radical (unpaired) electrons. The molecule has 5 atom stereocenters. The monoisotopic (exact) mass is 613 g/mol. The van der Waals surface area contributed by atoms with Gasteiger partial charge in [0.25, 0.3) is 0 Å². The number of nitrogens with zero attached hydrogens (tertiary/aromatic N) is 1. The Labute approximate surface area is 265 Å². The maximum absolute atomic E-state index is 13.6. The van der Waals surface area contributed by atoms with Crippen molar-refractivity contribution < 1.29 is 33.4 Å². The summed E-state index contributed by atoms with van der Waals surface area (Å²) in [7, 11) is 0. The third-order valence-corrected chi connectivity index (χ3v) is 9.61. The van der Waals surface area contributed by atoms with Gasteiger partial charge in [-0.1, -0.05) is 48.0 Å². The fourth-order valence-electron chi connectivity index (χ4n) is 7.41. The summed E-state index contributed by atoms with van der Waals surface area (Å²) in [6.45, 7) is 1.44. The van der Waals surface area contributed by atoms with Crippen LogP contribution < -0.4 is 9.64 Å². The first kappa shape index (κ1) is 29.3. The lowest BCUT2D eigenvalue weighted by atomic mass is 9.73. The van der Waals surface area contributed by atoms with Gasteiger partial charge < -0.3 is 9.47 Å². The summed E-state index contributed by atoms with van der Waals surface area (Å²) in [4.78, 5) is 66.1. The van der Waals surface area contributed by atoms with Crippen LogP contribution in [0.15, 0.2) is 103 Å². The van der Waals surface area contributed by atoms with Gasteiger partial charge in [0.1, 0.15) is 5.75 Å². The number of Topliss-reactive ketones (excluding diaryl/α,β-unsaturated/α-hetero) is 1. The number of imide groups is 1. The molecule has 2 bridgehead atoms. The van der Waals surface area contributed by atoms with E-state index in [-0.39, 0.29) is 52.7 Å². The lowest BCUT2D eigenvalue weighted by Crippen LogP contribution is -2.33. The van der Waals surface area contributed by atoms with Crippen molar-refractivity contribution in [2.75, 3.05) is 11.5 Å². The number of benzene rings is 4. The molecule has 8 nitrogen and oxygen atoms in total. The average Bonchev–Trinajstić information content (AvgIpc) is 3.75. The number of ether oxygens (including phenoxy) is 2. The average molecular weight is 614 g/mol. The highest BCUT2D eigenvalue weighted by molar-refractivity contribution is 6.22. The number of fused-ring (bicyclic) bond motifs is 5. The highest BCUT2D eigenvalue weighted by Crippen LogP contribution is 2.61. The standard InChI is InChI=1S/C38H31NO7/c1-22-7-9-26(10-8-22)38(44)46-29-17-13-24(14-18-29)32(40)21-45-37(43)25-11-15-28(16-12-25)39-35(41)33-27-19-30(23-5-3-2-4-6-23)31(20-27)34(33)36(39)42/h2-18,27,30-31,33-34H,19-21H2,1H3/t27-,30+,31+,33-,34-/m0/s1. The van der Waals surface area contributed by atoms with E-state index >= 15 is 0 Å². The normalized spacial score (nSPS) is 22.9. The first-order valence-electron chi connectivity index (χ1n) is 15.4. The van der Waals surface area contributed by atoms with Crippen molar-refractivity contribution in [3.8, 4) is 5.75 Å². The summed E-state index contributed by atoms with van der Waals surface area (Å²) < 4.78 is 10.6. The van der Waals surface area contributed by atoms with E-state index in [4.69, 9.17) is 9.47 Å². The molecule has 1 aliphatic heterocycles. The number of hydrogen-bond acceptors (Lipinski definition) is 7. The molecule has 4 aromatic carbocycles. The van der Waals surface area contributed by atoms with E-state index in [9.17, 15) is 24.0 Å². The summed E-state index contributed by atoms with van der Waals surface area (Å²) in [6, 6.07) is 29.3. The molecule has 0 unspecified atom stereocenters. The second-order valence-corrected chi connectivity index (χ2v) is 12.3. The Bertz CT molecular complexity index is 1830. The molecule has 46 heavy (non-hydrogen) atoms. The number of amides is 2. The van der Waals surface area contributed by atoms with Crippen molar-refractivity contribution in [3.05, 3.63) is 131 Å². The van der Waals surface area contributed by atoms with Crippen LogP contribution in [0.4, 0.5) is 5.69 Å². The van der Waals surface area contributed by atoms with Crippen molar-refractivity contribution in [2.24, 2.45) is 23.7 Å². The van der Waals surface area contributed by atoms with Gasteiger partial charge in [-0.3, -0.25) is 19.3 Å². The summed E-state index contributed by atoms with van der Waals surface area (Å²) in [5.41, 5.74) is 3.58. The number of ketones is 1. The first-order valence-corrected chi connectivity index (χ1v) is 15.4. The SMILES string of the molecule is Cc1ccc(C(=O)Oc2ccc(C(=O)COC(=O)c3ccc(N4C(=O)[C@H]5[C@@H]6C[C@@H]([C@@H]5C4=O)[C@@H](c4ccccc4)C6)cc3)cc2)cc1. The number of aryl methyl sites for hydroxylation is 1. The highest BCUT2D eigenvalue weighted by Gasteiger charge is 2.64. The van der Waals surface area contributed by atoms with Crippen molar-refractivity contribution in [1.29, 1.82) is 0 Å². The minimum absolute atomic E-state index is 0.149. The molecule has 230 valence electrons. The molecular formula is C38H31NO7. The Hall–Kier alpha value is -5.37. The second-order valence-electron chi connectivity index (χ2n) is 12.3. The Morgan fingerprint density at radius 2 is 1.30 bits per heavy atom. The van der Waals surface area contributed by atoms with E-state index in [1.54, 1.807) is 24.3 Å². The lowest BCUT2D eigenvalue weighted by Gasteiger charge is -2.28. The molecule has 3 fully saturated rings. The molecule has 7 rings (SSSR count). The summed E-state index contributed by atoms with van der Waals surface area (Å²) >= 11 is 0. The van der Waals surface area contributed by atoms with Crippen LogP contribution in [0.5, 0.6) is 5.75 Å². The van der Waals surface area contributed by atoms with Crippen LogP contribution in [0.25, 0.3) is 0 Å². The molecule has 4 aromatic rings. The van der Waals surface area contributed by atoms with Gasteiger partial charge in [0, 0.05) is 5.56 Å². The van der Waals surface area contributed by atoms with Crippen molar-refractivity contribution in [2.45, 2.75) is 25.7 Å². The molecule has 3 aliphatic rings. The fourth-order valence-corrected chi connectivity index (χ4v) is 7.41. The zero-order valence-corrected chi connectivity index (χ0v) is 25.1.